The van der Waals surface area contributed by atoms with Crippen LogP contribution in [0.2, 0.25) is 0 Å². The minimum absolute atomic E-state index is 0.272. The third-order valence-electron chi connectivity index (χ3n) is 3.51. The Balaban J connectivity index is 1.82. The fourth-order valence-electron chi connectivity index (χ4n) is 2.87. The first-order chi connectivity index (χ1) is 5.79. The Labute approximate surface area is 74.4 Å². The van der Waals surface area contributed by atoms with Crippen molar-refractivity contribution in [3.05, 3.63) is 0 Å². The second-order valence-electron chi connectivity index (χ2n) is 4.53. The van der Waals surface area contributed by atoms with E-state index in [4.69, 9.17) is 5.11 Å². The quantitative estimate of drug-likeness (QED) is 0.664. The molecule has 12 heavy (non-hydrogen) atoms. The highest BCUT2D eigenvalue weighted by Crippen LogP contribution is 2.44. The van der Waals surface area contributed by atoms with Crippen LogP contribution in [0.15, 0.2) is 0 Å². The molecule has 0 spiro atoms. The molecule has 0 aliphatic heterocycles. The molecule has 2 nitrogen and oxygen atoms in total. The topological polar surface area (TPSA) is 32.3 Å². The molecule has 2 N–H and O–H groups in total. The van der Waals surface area contributed by atoms with Crippen molar-refractivity contribution in [3.63, 3.8) is 0 Å². The van der Waals surface area contributed by atoms with Crippen molar-refractivity contribution in [3.8, 4) is 0 Å². The highest BCUT2D eigenvalue weighted by Gasteiger charge is 2.39. The number of fused-ring (bicyclic) bond motifs is 2. The molecule has 0 heterocycles. The van der Waals surface area contributed by atoms with E-state index in [0.29, 0.717) is 6.04 Å². The summed E-state index contributed by atoms with van der Waals surface area (Å²) in [6, 6.07) is 1.00. The van der Waals surface area contributed by atoms with Crippen LogP contribution >= 0.6 is 0 Å². The van der Waals surface area contributed by atoms with E-state index in [2.05, 4.69) is 12.2 Å². The lowest BCUT2D eigenvalue weighted by Gasteiger charge is -2.25. The van der Waals surface area contributed by atoms with Gasteiger partial charge in [-0.3, -0.25) is 0 Å². The van der Waals surface area contributed by atoms with E-state index in [0.717, 1.165) is 11.8 Å². The highest BCUT2D eigenvalue weighted by atomic mass is 16.3. The summed E-state index contributed by atoms with van der Waals surface area (Å²) < 4.78 is 0. The third-order valence-corrected chi connectivity index (χ3v) is 3.51. The fraction of sp³-hybridized carbons (Fsp3) is 1.00. The fourth-order valence-corrected chi connectivity index (χ4v) is 2.87. The first kappa shape index (κ1) is 8.52. The number of aliphatic hydroxyl groups is 1. The van der Waals surface area contributed by atoms with Gasteiger partial charge >= 0.3 is 0 Å². The third kappa shape index (κ3) is 1.50. The van der Waals surface area contributed by atoms with Crippen molar-refractivity contribution in [2.45, 2.75) is 44.7 Å². The average molecular weight is 169 g/mol. The zero-order valence-corrected chi connectivity index (χ0v) is 7.79. The van der Waals surface area contributed by atoms with Crippen molar-refractivity contribution < 1.29 is 5.11 Å². The van der Waals surface area contributed by atoms with E-state index in [1.165, 1.54) is 25.7 Å². The molecule has 0 saturated heterocycles. The molecule has 2 rings (SSSR count). The summed E-state index contributed by atoms with van der Waals surface area (Å²) >= 11 is 0. The van der Waals surface area contributed by atoms with Crippen LogP contribution in [0, 0.1) is 11.8 Å². The standard InChI is InChI=1S/C10H19NO/c1-7(6-12)11-10-5-8-2-3-9(10)4-8/h7-12H,2-6H2,1H3. The van der Waals surface area contributed by atoms with Crippen LogP contribution < -0.4 is 5.32 Å². The van der Waals surface area contributed by atoms with E-state index in [9.17, 15) is 0 Å². The van der Waals surface area contributed by atoms with Gasteiger partial charge in [0.25, 0.3) is 0 Å². The molecule has 0 aromatic rings. The van der Waals surface area contributed by atoms with E-state index in [-0.39, 0.29) is 12.6 Å². The second-order valence-corrected chi connectivity index (χ2v) is 4.53. The van der Waals surface area contributed by atoms with Gasteiger partial charge in [-0.25, -0.2) is 0 Å². The average Bonchev–Trinajstić information content (AvgIpc) is 2.64. The monoisotopic (exact) mass is 169 g/mol. The molecule has 2 heteroatoms. The van der Waals surface area contributed by atoms with Crippen LogP contribution in [0.25, 0.3) is 0 Å². The second kappa shape index (κ2) is 3.35. The van der Waals surface area contributed by atoms with Gasteiger partial charge in [-0.15, -0.1) is 0 Å². The Morgan fingerprint density at radius 1 is 1.42 bits per heavy atom. The molecule has 70 valence electrons. The zero-order chi connectivity index (χ0) is 8.55. The van der Waals surface area contributed by atoms with Crippen molar-refractivity contribution in [2.24, 2.45) is 11.8 Å². The predicted molar refractivity (Wildman–Crippen MR) is 48.9 cm³/mol. The van der Waals surface area contributed by atoms with Crippen molar-refractivity contribution in [2.75, 3.05) is 6.61 Å². The molecule has 2 aliphatic carbocycles. The number of hydrogen-bond acceptors (Lipinski definition) is 2. The van der Waals surface area contributed by atoms with Gasteiger partial charge in [-0.1, -0.05) is 6.42 Å². The summed E-state index contributed by atoms with van der Waals surface area (Å²) in [4.78, 5) is 0. The lowest BCUT2D eigenvalue weighted by atomic mass is 9.95. The minimum atomic E-state index is 0.272. The molecular formula is C10H19NO. The van der Waals surface area contributed by atoms with Crippen molar-refractivity contribution in [1.82, 2.24) is 5.32 Å². The lowest BCUT2D eigenvalue weighted by molar-refractivity contribution is 0.223. The van der Waals surface area contributed by atoms with Crippen LogP contribution in [-0.4, -0.2) is 23.8 Å². The van der Waals surface area contributed by atoms with E-state index in [1.807, 2.05) is 0 Å². The molecule has 2 bridgehead atoms. The number of nitrogens with one attached hydrogen (secondary N) is 1. The van der Waals surface area contributed by atoms with Gasteiger partial charge in [0, 0.05) is 12.1 Å². The Kier molecular flexibility index (Phi) is 2.37. The van der Waals surface area contributed by atoms with Gasteiger partial charge in [0.2, 0.25) is 0 Å². The molecule has 2 fully saturated rings. The van der Waals surface area contributed by atoms with Gasteiger partial charge in [-0.2, -0.15) is 0 Å². The Morgan fingerprint density at radius 3 is 2.75 bits per heavy atom. The van der Waals surface area contributed by atoms with Gasteiger partial charge in [-0.05, 0) is 38.0 Å². The van der Waals surface area contributed by atoms with Gasteiger partial charge in [0.1, 0.15) is 0 Å². The number of aliphatic hydroxyl groups excluding tert-OH is 1. The molecular weight excluding hydrogens is 150 g/mol. The zero-order valence-electron chi connectivity index (χ0n) is 7.79. The van der Waals surface area contributed by atoms with E-state index < -0.39 is 0 Å². The molecule has 0 aromatic heterocycles. The summed E-state index contributed by atoms with van der Waals surface area (Å²) in [5, 5.41) is 12.4. The number of rotatable bonds is 3. The Hall–Kier alpha value is -0.0800. The van der Waals surface area contributed by atoms with Crippen LogP contribution in [0.5, 0.6) is 0 Å². The van der Waals surface area contributed by atoms with Crippen molar-refractivity contribution in [1.29, 1.82) is 0 Å². The molecule has 2 aliphatic rings. The largest absolute Gasteiger partial charge is 0.395 e. The van der Waals surface area contributed by atoms with Gasteiger partial charge in [0.05, 0.1) is 6.61 Å². The lowest BCUT2D eigenvalue weighted by Crippen LogP contribution is -2.41. The SMILES string of the molecule is CC(CO)NC1CC2CCC1C2. The van der Waals surface area contributed by atoms with Crippen molar-refractivity contribution >= 4 is 0 Å². The maximum absolute atomic E-state index is 8.90. The first-order valence-electron chi connectivity index (χ1n) is 5.16. The maximum Gasteiger partial charge on any atom is 0.0582 e. The molecule has 4 atom stereocenters. The van der Waals surface area contributed by atoms with Crippen LogP contribution in [0.3, 0.4) is 0 Å². The minimum Gasteiger partial charge on any atom is -0.395 e. The predicted octanol–water partition coefficient (Wildman–Crippen LogP) is 1.15. The number of hydrogen-bond donors (Lipinski definition) is 2. The Bertz CT molecular complexity index is 160. The van der Waals surface area contributed by atoms with Crippen LogP contribution in [-0.2, 0) is 0 Å². The van der Waals surface area contributed by atoms with Gasteiger partial charge in [0.15, 0.2) is 0 Å². The molecule has 2 saturated carbocycles. The Morgan fingerprint density at radius 2 is 2.25 bits per heavy atom. The molecule has 0 amide bonds. The summed E-state index contributed by atoms with van der Waals surface area (Å²) in [6.45, 7) is 2.33. The molecule has 0 aromatic carbocycles. The summed E-state index contributed by atoms with van der Waals surface area (Å²) in [5.74, 6) is 1.92. The summed E-state index contributed by atoms with van der Waals surface area (Å²) in [7, 11) is 0. The van der Waals surface area contributed by atoms with Crippen LogP contribution in [0.4, 0.5) is 0 Å². The normalized spacial score (nSPS) is 42.0. The van der Waals surface area contributed by atoms with Gasteiger partial charge < -0.3 is 10.4 Å². The summed E-state index contributed by atoms with van der Waals surface area (Å²) in [5.41, 5.74) is 0. The maximum atomic E-state index is 8.90. The van der Waals surface area contributed by atoms with E-state index in [1.54, 1.807) is 0 Å². The first-order valence-corrected chi connectivity index (χ1v) is 5.16. The smallest absolute Gasteiger partial charge is 0.0582 e. The molecule has 4 unspecified atom stereocenters. The highest BCUT2D eigenvalue weighted by molar-refractivity contribution is 4.94. The summed E-state index contributed by atoms with van der Waals surface area (Å²) in [6.07, 6.45) is 5.67. The molecule has 0 radical (unpaired) electrons. The van der Waals surface area contributed by atoms with E-state index >= 15 is 0 Å². The van der Waals surface area contributed by atoms with Crippen LogP contribution in [0.1, 0.15) is 32.6 Å².